The van der Waals surface area contributed by atoms with Crippen molar-refractivity contribution in [2.45, 2.75) is 31.3 Å². The normalized spacial score (nSPS) is 18.9. The summed E-state index contributed by atoms with van der Waals surface area (Å²) in [6.07, 6.45) is 0. The van der Waals surface area contributed by atoms with Gasteiger partial charge in [0.2, 0.25) is 10.0 Å². The molecule has 1 aromatic carbocycles. The fourth-order valence-electron chi connectivity index (χ4n) is 2.00. The van der Waals surface area contributed by atoms with Gasteiger partial charge in [-0.05, 0) is 31.5 Å². The average Bonchev–Trinajstić information content (AvgIpc) is 2.61. The van der Waals surface area contributed by atoms with Crippen LogP contribution in [0, 0.1) is 0 Å². The molecule has 1 unspecified atom stereocenters. The van der Waals surface area contributed by atoms with Crippen molar-refractivity contribution in [3.05, 3.63) is 28.2 Å². The molecule has 0 fully saturated rings. The van der Waals surface area contributed by atoms with Crippen LogP contribution >= 0.6 is 15.9 Å². The Morgan fingerprint density at radius 2 is 2.21 bits per heavy atom. The lowest BCUT2D eigenvalue weighted by atomic mass is 10.2. The van der Waals surface area contributed by atoms with Gasteiger partial charge in [0.1, 0.15) is 6.04 Å². The van der Waals surface area contributed by atoms with Crippen LogP contribution in [0.4, 0.5) is 0 Å². The van der Waals surface area contributed by atoms with E-state index in [4.69, 9.17) is 4.74 Å². The fourth-order valence-corrected chi connectivity index (χ4v) is 4.32. The molecule has 0 saturated heterocycles. The third-order valence-electron chi connectivity index (χ3n) is 3.00. The van der Waals surface area contributed by atoms with Gasteiger partial charge in [-0.1, -0.05) is 22.0 Å². The predicted molar refractivity (Wildman–Crippen MR) is 73.0 cm³/mol. The molecule has 5 nitrogen and oxygen atoms in total. The largest absolute Gasteiger partial charge is 0.465 e. The summed E-state index contributed by atoms with van der Waals surface area (Å²) in [5.74, 6) is -0.530. The summed E-state index contributed by atoms with van der Waals surface area (Å²) < 4.78 is 31.5. The summed E-state index contributed by atoms with van der Waals surface area (Å²) >= 11 is 3.25. The molecule has 0 aromatic heterocycles. The summed E-state index contributed by atoms with van der Waals surface area (Å²) in [5, 5.41) is 0. The highest BCUT2D eigenvalue weighted by Gasteiger charge is 2.40. The summed E-state index contributed by atoms with van der Waals surface area (Å²) in [4.78, 5) is 11.9. The van der Waals surface area contributed by atoms with Gasteiger partial charge >= 0.3 is 5.97 Å². The number of halogens is 1. The van der Waals surface area contributed by atoms with E-state index in [9.17, 15) is 13.2 Å². The predicted octanol–water partition coefficient (Wildman–Crippen LogP) is 1.91. The maximum atomic E-state index is 12.4. The molecule has 104 valence electrons. The molecule has 2 rings (SSSR count). The fraction of sp³-hybridized carbons (Fsp3) is 0.417. The lowest BCUT2D eigenvalue weighted by molar-refractivity contribution is -0.147. The summed E-state index contributed by atoms with van der Waals surface area (Å²) in [5.41, 5.74) is 0.694. The Balaban J connectivity index is 2.36. The average molecular weight is 348 g/mol. The van der Waals surface area contributed by atoms with Crippen LogP contribution in [-0.2, 0) is 26.1 Å². The number of nitrogens with zero attached hydrogens (tertiary/aromatic N) is 1. The lowest BCUT2D eigenvalue weighted by Gasteiger charge is -2.20. The number of ether oxygens (including phenoxy) is 1. The topological polar surface area (TPSA) is 63.7 Å². The second-order valence-electron chi connectivity index (χ2n) is 4.23. The highest BCUT2D eigenvalue weighted by Crippen LogP contribution is 2.33. The van der Waals surface area contributed by atoms with Gasteiger partial charge in [-0.2, -0.15) is 4.31 Å². The first kappa shape index (κ1) is 14.5. The van der Waals surface area contributed by atoms with E-state index in [2.05, 4.69) is 15.9 Å². The quantitative estimate of drug-likeness (QED) is 0.783. The molecule has 1 aliphatic rings. The van der Waals surface area contributed by atoms with Crippen LogP contribution in [0.5, 0.6) is 0 Å². The van der Waals surface area contributed by atoms with Gasteiger partial charge < -0.3 is 4.74 Å². The zero-order valence-corrected chi connectivity index (χ0v) is 13.0. The van der Waals surface area contributed by atoms with E-state index in [1.165, 1.54) is 11.2 Å². The first-order valence-electron chi connectivity index (χ1n) is 5.85. The minimum Gasteiger partial charge on any atom is -0.465 e. The molecule has 1 atom stereocenters. The zero-order chi connectivity index (χ0) is 14.2. The molecule has 19 heavy (non-hydrogen) atoms. The van der Waals surface area contributed by atoms with E-state index in [0.717, 1.165) is 0 Å². The Hall–Kier alpha value is -0.920. The number of carbonyl (C=O) groups excluding carboxylic acids is 1. The highest BCUT2D eigenvalue weighted by atomic mass is 79.9. The van der Waals surface area contributed by atoms with Crippen LogP contribution in [0.25, 0.3) is 0 Å². The van der Waals surface area contributed by atoms with E-state index in [0.29, 0.717) is 10.0 Å². The molecule has 1 aliphatic heterocycles. The number of sulfonamides is 1. The van der Waals surface area contributed by atoms with Gasteiger partial charge in [0.15, 0.2) is 0 Å². The second kappa shape index (κ2) is 5.22. The SMILES string of the molecule is CCOC(=O)C(C)N1Cc2ccc(Br)cc2S1(=O)=O. The van der Waals surface area contributed by atoms with Crippen molar-refractivity contribution in [1.82, 2.24) is 4.31 Å². The van der Waals surface area contributed by atoms with Crippen LogP contribution < -0.4 is 0 Å². The van der Waals surface area contributed by atoms with Gasteiger partial charge in [-0.25, -0.2) is 8.42 Å². The minimum atomic E-state index is -3.63. The zero-order valence-electron chi connectivity index (χ0n) is 10.6. The standard InChI is InChI=1S/C12H14BrNO4S/c1-3-18-12(15)8(2)14-7-9-4-5-10(13)6-11(9)19(14,16)17/h4-6,8H,3,7H2,1-2H3. The van der Waals surface area contributed by atoms with Crippen LogP contribution in [0.3, 0.4) is 0 Å². The van der Waals surface area contributed by atoms with Crippen molar-refractivity contribution in [1.29, 1.82) is 0 Å². The molecule has 7 heteroatoms. The third-order valence-corrected chi connectivity index (χ3v) is 5.49. The van der Waals surface area contributed by atoms with Crippen LogP contribution in [0.2, 0.25) is 0 Å². The van der Waals surface area contributed by atoms with Gasteiger partial charge in [0.05, 0.1) is 11.5 Å². The van der Waals surface area contributed by atoms with Crippen LogP contribution in [-0.4, -0.2) is 31.3 Å². The Labute approximate surface area is 120 Å². The molecule has 0 spiro atoms. The molecular formula is C12H14BrNO4S. The van der Waals surface area contributed by atoms with Gasteiger partial charge in [0.25, 0.3) is 0 Å². The number of hydrogen-bond donors (Lipinski definition) is 0. The van der Waals surface area contributed by atoms with Gasteiger partial charge in [-0.3, -0.25) is 4.79 Å². The lowest BCUT2D eigenvalue weighted by Crippen LogP contribution is -2.40. The molecular weight excluding hydrogens is 334 g/mol. The Kier molecular flexibility index (Phi) is 3.98. The van der Waals surface area contributed by atoms with E-state index in [-0.39, 0.29) is 18.0 Å². The summed E-state index contributed by atoms with van der Waals surface area (Å²) in [6, 6.07) is 4.26. The van der Waals surface area contributed by atoms with Crippen molar-refractivity contribution in [2.75, 3.05) is 6.61 Å². The first-order valence-corrected chi connectivity index (χ1v) is 8.08. The molecule has 0 bridgehead atoms. The molecule has 0 N–H and O–H groups in total. The number of hydrogen-bond acceptors (Lipinski definition) is 4. The van der Waals surface area contributed by atoms with Crippen LogP contribution in [0.15, 0.2) is 27.6 Å². The number of benzene rings is 1. The minimum absolute atomic E-state index is 0.199. The molecule has 0 saturated carbocycles. The first-order chi connectivity index (χ1) is 8.87. The summed E-state index contributed by atoms with van der Waals surface area (Å²) in [6.45, 7) is 3.66. The van der Waals surface area contributed by atoms with Crippen molar-refractivity contribution in [2.24, 2.45) is 0 Å². The Bertz CT molecular complexity index is 614. The van der Waals surface area contributed by atoms with Crippen molar-refractivity contribution >= 4 is 31.9 Å². The number of rotatable bonds is 3. The van der Waals surface area contributed by atoms with E-state index in [1.54, 1.807) is 25.1 Å². The molecule has 0 aliphatic carbocycles. The molecule has 0 radical (unpaired) electrons. The Morgan fingerprint density at radius 1 is 1.53 bits per heavy atom. The van der Waals surface area contributed by atoms with Crippen molar-refractivity contribution in [3.63, 3.8) is 0 Å². The smallest absolute Gasteiger partial charge is 0.324 e. The van der Waals surface area contributed by atoms with E-state index < -0.39 is 22.0 Å². The van der Waals surface area contributed by atoms with E-state index in [1.807, 2.05) is 0 Å². The molecule has 1 aromatic rings. The second-order valence-corrected chi connectivity index (χ2v) is 7.00. The van der Waals surface area contributed by atoms with E-state index >= 15 is 0 Å². The number of esters is 1. The molecule has 1 heterocycles. The van der Waals surface area contributed by atoms with Crippen molar-refractivity contribution in [3.8, 4) is 0 Å². The monoisotopic (exact) mass is 347 g/mol. The summed E-state index contributed by atoms with van der Waals surface area (Å²) in [7, 11) is -3.63. The third kappa shape index (κ3) is 2.54. The maximum absolute atomic E-state index is 12.4. The van der Waals surface area contributed by atoms with Crippen molar-refractivity contribution < 1.29 is 17.9 Å². The number of carbonyl (C=O) groups is 1. The Morgan fingerprint density at radius 3 is 2.84 bits per heavy atom. The van der Waals surface area contributed by atoms with Crippen LogP contribution in [0.1, 0.15) is 19.4 Å². The maximum Gasteiger partial charge on any atom is 0.324 e. The molecule has 0 amide bonds. The van der Waals surface area contributed by atoms with Gasteiger partial charge in [0, 0.05) is 11.0 Å². The van der Waals surface area contributed by atoms with Gasteiger partial charge in [-0.15, -0.1) is 0 Å². The number of fused-ring (bicyclic) bond motifs is 1. The highest BCUT2D eigenvalue weighted by molar-refractivity contribution is 9.10.